The van der Waals surface area contributed by atoms with E-state index in [1.54, 1.807) is 6.33 Å². The Bertz CT molecular complexity index is 477. The highest BCUT2D eigenvalue weighted by molar-refractivity contribution is 9.10. The van der Waals surface area contributed by atoms with Gasteiger partial charge in [0.05, 0.1) is 27.9 Å². The molecule has 0 unspecified atom stereocenters. The van der Waals surface area contributed by atoms with E-state index in [4.69, 9.17) is 4.74 Å². The number of imidazole rings is 1. The van der Waals surface area contributed by atoms with Crippen molar-refractivity contribution in [2.45, 2.75) is 32.8 Å². The largest absolute Gasteiger partial charge is 0.489 e. The Morgan fingerprint density at radius 2 is 2.12 bits per heavy atom. The van der Waals surface area contributed by atoms with Crippen LogP contribution >= 0.6 is 15.9 Å². The number of nitrogens with zero attached hydrogens (tertiary/aromatic N) is 1. The van der Waals surface area contributed by atoms with Crippen molar-refractivity contribution in [3.05, 3.63) is 22.9 Å². The van der Waals surface area contributed by atoms with E-state index in [0.717, 1.165) is 34.1 Å². The fourth-order valence-corrected chi connectivity index (χ4v) is 2.10. The van der Waals surface area contributed by atoms with Gasteiger partial charge in [-0.1, -0.05) is 13.8 Å². The molecule has 86 valence electrons. The van der Waals surface area contributed by atoms with Crippen LogP contribution in [0.1, 0.15) is 26.7 Å². The Labute approximate surface area is 103 Å². The standard InChI is InChI=1S/C12H15BrN2O/c1-3-8(4-2)16-12-6-11-10(5-9(12)13)14-7-15-11/h5-8H,3-4H2,1-2H3,(H,14,15). The van der Waals surface area contributed by atoms with Crippen LogP contribution in [0, 0.1) is 0 Å². The summed E-state index contributed by atoms with van der Waals surface area (Å²) in [6, 6.07) is 3.97. The molecule has 0 spiro atoms. The van der Waals surface area contributed by atoms with Gasteiger partial charge in [-0.25, -0.2) is 4.98 Å². The zero-order chi connectivity index (χ0) is 11.5. The molecule has 0 saturated heterocycles. The Kier molecular flexibility index (Phi) is 3.49. The molecule has 0 aliphatic rings. The molecule has 1 heterocycles. The quantitative estimate of drug-likeness (QED) is 0.924. The van der Waals surface area contributed by atoms with Gasteiger partial charge >= 0.3 is 0 Å². The summed E-state index contributed by atoms with van der Waals surface area (Å²) in [4.78, 5) is 7.30. The third-order valence-corrected chi connectivity index (χ3v) is 3.30. The van der Waals surface area contributed by atoms with E-state index in [1.807, 2.05) is 12.1 Å². The minimum atomic E-state index is 0.271. The summed E-state index contributed by atoms with van der Waals surface area (Å²) in [6.45, 7) is 4.27. The first kappa shape index (κ1) is 11.5. The molecule has 0 saturated carbocycles. The Morgan fingerprint density at radius 1 is 1.38 bits per heavy atom. The van der Waals surface area contributed by atoms with Crippen molar-refractivity contribution >= 4 is 27.0 Å². The smallest absolute Gasteiger partial charge is 0.136 e. The second kappa shape index (κ2) is 4.87. The van der Waals surface area contributed by atoms with Gasteiger partial charge in [-0.2, -0.15) is 0 Å². The van der Waals surface area contributed by atoms with E-state index < -0.39 is 0 Å². The van der Waals surface area contributed by atoms with Crippen LogP contribution in [0.2, 0.25) is 0 Å². The molecule has 1 aromatic heterocycles. The summed E-state index contributed by atoms with van der Waals surface area (Å²) in [6.07, 6.45) is 3.99. The molecule has 2 aromatic rings. The number of hydrogen-bond donors (Lipinski definition) is 1. The number of ether oxygens (including phenoxy) is 1. The van der Waals surface area contributed by atoms with E-state index >= 15 is 0 Å². The third kappa shape index (κ3) is 2.21. The van der Waals surface area contributed by atoms with Gasteiger partial charge in [0.15, 0.2) is 0 Å². The van der Waals surface area contributed by atoms with Crippen LogP contribution in [0.5, 0.6) is 5.75 Å². The van der Waals surface area contributed by atoms with Crippen molar-refractivity contribution in [3.63, 3.8) is 0 Å². The Morgan fingerprint density at radius 3 is 2.81 bits per heavy atom. The van der Waals surface area contributed by atoms with Gasteiger partial charge < -0.3 is 9.72 Å². The molecule has 0 atom stereocenters. The van der Waals surface area contributed by atoms with Gasteiger partial charge in [0.25, 0.3) is 0 Å². The number of aromatic amines is 1. The SMILES string of the molecule is CCC(CC)Oc1cc2nc[nH]c2cc1Br. The van der Waals surface area contributed by atoms with Crippen molar-refractivity contribution in [1.82, 2.24) is 9.97 Å². The van der Waals surface area contributed by atoms with Crippen molar-refractivity contribution < 1.29 is 4.74 Å². The van der Waals surface area contributed by atoms with Gasteiger partial charge in [0.2, 0.25) is 0 Å². The molecule has 0 radical (unpaired) electrons. The van der Waals surface area contributed by atoms with E-state index in [0.29, 0.717) is 0 Å². The molecule has 0 aliphatic heterocycles. The topological polar surface area (TPSA) is 37.9 Å². The van der Waals surface area contributed by atoms with E-state index in [-0.39, 0.29) is 6.10 Å². The highest BCUT2D eigenvalue weighted by atomic mass is 79.9. The maximum absolute atomic E-state index is 5.92. The van der Waals surface area contributed by atoms with Crippen LogP contribution in [0.4, 0.5) is 0 Å². The van der Waals surface area contributed by atoms with Crippen molar-refractivity contribution in [1.29, 1.82) is 0 Å². The molecule has 0 amide bonds. The fourth-order valence-electron chi connectivity index (χ4n) is 1.66. The summed E-state index contributed by atoms with van der Waals surface area (Å²) >= 11 is 3.52. The zero-order valence-electron chi connectivity index (χ0n) is 9.46. The Balaban J connectivity index is 2.32. The van der Waals surface area contributed by atoms with Crippen LogP contribution in [0.3, 0.4) is 0 Å². The van der Waals surface area contributed by atoms with E-state index in [2.05, 4.69) is 39.7 Å². The monoisotopic (exact) mass is 282 g/mol. The number of H-pyrrole nitrogens is 1. The molecule has 2 rings (SSSR count). The van der Waals surface area contributed by atoms with Crippen LogP contribution in [0.25, 0.3) is 11.0 Å². The van der Waals surface area contributed by atoms with Crippen LogP contribution < -0.4 is 4.74 Å². The summed E-state index contributed by atoms with van der Waals surface area (Å²) in [7, 11) is 0. The van der Waals surface area contributed by atoms with E-state index in [1.165, 1.54) is 0 Å². The molecule has 0 fully saturated rings. The maximum atomic E-state index is 5.92. The molecular formula is C12H15BrN2O. The van der Waals surface area contributed by atoms with Crippen molar-refractivity contribution in [2.24, 2.45) is 0 Å². The third-order valence-electron chi connectivity index (χ3n) is 2.68. The summed E-state index contributed by atoms with van der Waals surface area (Å²) in [5.74, 6) is 0.869. The predicted octanol–water partition coefficient (Wildman–Crippen LogP) is 3.89. The number of hydrogen-bond acceptors (Lipinski definition) is 2. The average Bonchev–Trinajstić information content (AvgIpc) is 2.72. The number of fused-ring (bicyclic) bond motifs is 1. The van der Waals surface area contributed by atoms with Gasteiger partial charge in [-0.05, 0) is 34.8 Å². The normalized spacial score (nSPS) is 11.2. The lowest BCUT2D eigenvalue weighted by atomic mass is 10.2. The predicted molar refractivity (Wildman–Crippen MR) is 68.8 cm³/mol. The summed E-state index contributed by atoms with van der Waals surface area (Å²) < 4.78 is 6.89. The van der Waals surface area contributed by atoms with Crippen LogP contribution in [0.15, 0.2) is 22.9 Å². The first-order valence-electron chi connectivity index (χ1n) is 5.53. The average molecular weight is 283 g/mol. The second-order valence-electron chi connectivity index (χ2n) is 3.76. The molecule has 0 aliphatic carbocycles. The number of aromatic nitrogens is 2. The number of nitrogens with one attached hydrogen (secondary N) is 1. The maximum Gasteiger partial charge on any atom is 0.136 e. The van der Waals surface area contributed by atoms with Gasteiger partial charge in [0.1, 0.15) is 5.75 Å². The fraction of sp³-hybridized carbons (Fsp3) is 0.417. The second-order valence-corrected chi connectivity index (χ2v) is 4.61. The van der Waals surface area contributed by atoms with Crippen LogP contribution in [-0.2, 0) is 0 Å². The number of rotatable bonds is 4. The number of benzene rings is 1. The van der Waals surface area contributed by atoms with Crippen molar-refractivity contribution in [3.8, 4) is 5.75 Å². The highest BCUT2D eigenvalue weighted by Gasteiger charge is 2.10. The lowest BCUT2D eigenvalue weighted by Gasteiger charge is -2.16. The van der Waals surface area contributed by atoms with Crippen LogP contribution in [-0.4, -0.2) is 16.1 Å². The molecular weight excluding hydrogens is 268 g/mol. The molecule has 0 bridgehead atoms. The lowest BCUT2D eigenvalue weighted by molar-refractivity contribution is 0.192. The lowest BCUT2D eigenvalue weighted by Crippen LogP contribution is -2.13. The zero-order valence-corrected chi connectivity index (χ0v) is 11.0. The number of halogens is 1. The highest BCUT2D eigenvalue weighted by Crippen LogP contribution is 2.30. The Hall–Kier alpha value is -1.03. The summed E-state index contributed by atoms with van der Waals surface area (Å²) in [5.41, 5.74) is 1.95. The minimum absolute atomic E-state index is 0.271. The van der Waals surface area contributed by atoms with E-state index in [9.17, 15) is 0 Å². The minimum Gasteiger partial charge on any atom is -0.489 e. The first-order valence-corrected chi connectivity index (χ1v) is 6.33. The van der Waals surface area contributed by atoms with Gasteiger partial charge in [-0.15, -0.1) is 0 Å². The molecule has 4 heteroatoms. The molecule has 1 aromatic carbocycles. The molecule has 3 nitrogen and oxygen atoms in total. The van der Waals surface area contributed by atoms with Gasteiger partial charge in [-0.3, -0.25) is 0 Å². The molecule has 1 N–H and O–H groups in total. The van der Waals surface area contributed by atoms with Gasteiger partial charge in [0, 0.05) is 6.07 Å². The van der Waals surface area contributed by atoms with Crippen molar-refractivity contribution in [2.75, 3.05) is 0 Å². The summed E-state index contributed by atoms with van der Waals surface area (Å²) in [5, 5.41) is 0. The molecule has 16 heavy (non-hydrogen) atoms. The first-order chi connectivity index (χ1) is 7.74.